The Morgan fingerprint density at radius 1 is 1.06 bits per heavy atom. The zero-order chi connectivity index (χ0) is 22.8. The number of alkyl halides is 3. The first kappa shape index (κ1) is 23.3. The van der Waals surface area contributed by atoms with Crippen molar-refractivity contribution in [2.24, 2.45) is 0 Å². The summed E-state index contributed by atoms with van der Waals surface area (Å²) in [5.41, 5.74) is 1.67. The molecule has 0 spiro atoms. The van der Waals surface area contributed by atoms with Crippen LogP contribution in [0.1, 0.15) is 42.0 Å². The summed E-state index contributed by atoms with van der Waals surface area (Å²) in [6.45, 7) is 7.00. The van der Waals surface area contributed by atoms with E-state index in [0.29, 0.717) is 16.7 Å². The van der Waals surface area contributed by atoms with Gasteiger partial charge in [0.15, 0.2) is 0 Å². The van der Waals surface area contributed by atoms with Crippen LogP contribution < -0.4 is 0 Å². The molecule has 1 aliphatic rings. The average Bonchev–Trinajstić information content (AvgIpc) is 2.91. The number of hydrogen-bond donors (Lipinski definition) is 0. The zero-order valence-corrected chi connectivity index (χ0v) is 18.5. The number of hydrogen-bond acceptors (Lipinski definition) is 3. The summed E-state index contributed by atoms with van der Waals surface area (Å²) in [6.07, 6.45) is 0.103. The second-order valence-electron chi connectivity index (χ2n) is 7.85. The van der Waals surface area contributed by atoms with Crippen LogP contribution in [-0.4, -0.2) is 33.5 Å². The molecule has 0 atom stereocenters. The number of aryl methyl sites for hydroxylation is 1. The fraction of sp³-hybridized carbons (Fsp3) is 0.333. The molecule has 1 aliphatic heterocycles. The van der Waals surface area contributed by atoms with Gasteiger partial charge in [0.1, 0.15) is 0 Å². The number of nitrogens with zero attached hydrogens (tertiary/aromatic N) is 1. The summed E-state index contributed by atoms with van der Waals surface area (Å²) in [5.74, 6) is 0. The Balaban J connectivity index is 1.82. The third-order valence-corrected chi connectivity index (χ3v) is 7.48. The molecule has 3 rings (SSSR count). The summed E-state index contributed by atoms with van der Waals surface area (Å²) in [4.78, 5) is 2.58. The fourth-order valence-electron chi connectivity index (χ4n) is 3.85. The van der Waals surface area contributed by atoms with Gasteiger partial charge in [0, 0.05) is 17.7 Å². The van der Waals surface area contributed by atoms with Crippen LogP contribution in [0.3, 0.4) is 0 Å². The molecule has 0 unspecified atom stereocenters. The van der Waals surface area contributed by atoms with Crippen LogP contribution in [0.4, 0.5) is 13.2 Å². The van der Waals surface area contributed by atoms with Gasteiger partial charge in [-0.05, 0) is 69.1 Å². The van der Waals surface area contributed by atoms with Crippen molar-refractivity contribution in [2.75, 3.05) is 20.1 Å². The molecule has 1 heterocycles. The van der Waals surface area contributed by atoms with Gasteiger partial charge < -0.3 is 4.90 Å². The van der Waals surface area contributed by atoms with Crippen LogP contribution in [0.5, 0.6) is 0 Å². The molecule has 0 aromatic heterocycles. The molecular weight excluding hydrogens is 423 g/mol. The molecule has 0 saturated heterocycles. The predicted octanol–water partition coefficient (Wildman–Crippen LogP) is 5.71. The number of sulfone groups is 1. The van der Waals surface area contributed by atoms with E-state index in [1.807, 2.05) is 19.2 Å². The molecule has 7 heteroatoms. The fourth-order valence-corrected chi connectivity index (χ4v) is 5.44. The van der Waals surface area contributed by atoms with Crippen molar-refractivity contribution in [1.29, 1.82) is 0 Å². The average molecular weight is 450 g/mol. The minimum atomic E-state index is -4.43. The van der Waals surface area contributed by atoms with Crippen LogP contribution in [0.25, 0.3) is 5.57 Å². The number of fused-ring (bicyclic) bond motifs is 1. The lowest BCUT2D eigenvalue weighted by Crippen LogP contribution is -2.19. The van der Waals surface area contributed by atoms with Crippen LogP contribution in [0.15, 0.2) is 64.9 Å². The largest absolute Gasteiger partial charge is 0.416 e. The maximum Gasteiger partial charge on any atom is 0.416 e. The second kappa shape index (κ2) is 9.01. The van der Waals surface area contributed by atoms with Crippen molar-refractivity contribution in [2.45, 2.75) is 37.3 Å². The maximum atomic E-state index is 13.0. The molecule has 0 aliphatic carbocycles. The lowest BCUT2D eigenvalue weighted by atomic mass is 9.95. The number of rotatable bonds is 8. The van der Waals surface area contributed by atoms with E-state index in [4.69, 9.17) is 0 Å². The van der Waals surface area contributed by atoms with E-state index in [-0.39, 0.29) is 9.80 Å². The standard InChI is InChI=1S/C24H26F3NO2S/c1-4-14-28(3)15-6-5-7-18-8-13-21-22(16-18)31(29,30)17(2)23(21)19-9-11-20(12-10-19)24(25,26)27/h4,8-13,16H,1,5-7,14-15H2,2-3H3. The number of likely N-dealkylation sites (N-methyl/N-ethyl adjacent to an activating group) is 1. The monoisotopic (exact) mass is 449 g/mol. The van der Waals surface area contributed by atoms with Gasteiger partial charge in [0.25, 0.3) is 0 Å². The van der Waals surface area contributed by atoms with E-state index in [1.165, 1.54) is 19.1 Å². The molecule has 2 aromatic rings. The van der Waals surface area contributed by atoms with Crippen LogP contribution in [0, 0.1) is 0 Å². The van der Waals surface area contributed by atoms with Crippen molar-refractivity contribution >= 4 is 15.4 Å². The van der Waals surface area contributed by atoms with E-state index in [1.54, 1.807) is 12.1 Å². The third kappa shape index (κ3) is 4.93. The van der Waals surface area contributed by atoms with E-state index in [0.717, 1.165) is 50.0 Å². The third-order valence-electron chi connectivity index (χ3n) is 5.56. The Morgan fingerprint density at radius 2 is 1.74 bits per heavy atom. The van der Waals surface area contributed by atoms with Gasteiger partial charge in [0.05, 0.1) is 15.4 Å². The molecule has 2 aromatic carbocycles. The molecule has 166 valence electrons. The van der Waals surface area contributed by atoms with Crippen LogP contribution in [0.2, 0.25) is 0 Å². The topological polar surface area (TPSA) is 37.4 Å². The van der Waals surface area contributed by atoms with Crippen molar-refractivity contribution in [3.8, 4) is 0 Å². The molecule has 3 nitrogen and oxygen atoms in total. The Hall–Kier alpha value is -2.38. The summed E-state index contributed by atoms with van der Waals surface area (Å²) < 4.78 is 64.6. The smallest absolute Gasteiger partial charge is 0.303 e. The summed E-state index contributed by atoms with van der Waals surface area (Å²) in [6, 6.07) is 10.0. The van der Waals surface area contributed by atoms with Gasteiger partial charge in [-0.15, -0.1) is 6.58 Å². The van der Waals surface area contributed by atoms with Crippen LogP contribution >= 0.6 is 0 Å². The van der Waals surface area contributed by atoms with Crippen molar-refractivity contribution in [3.05, 3.63) is 82.3 Å². The van der Waals surface area contributed by atoms with Gasteiger partial charge in [-0.3, -0.25) is 0 Å². The van der Waals surface area contributed by atoms with Crippen molar-refractivity contribution < 1.29 is 21.6 Å². The van der Waals surface area contributed by atoms with E-state index < -0.39 is 21.6 Å². The molecule has 0 radical (unpaired) electrons. The number of halogens is 3. The minimum Gasteiger partial charge on any atom is -0.303 e. The lowest BCUT2D eigenvalue weighted by molar-refractivity contribution is -0.137. The van der Waals surface area contributed by atoms with Crippen LogP contribution in [-0.2, 0) is 22.4 Å². The van der Waals surface area contributed by atoms with Crippen molar-refractivity contribution in [3.63, 3.8) is 0 Å². The van der Waals surface area contributed by atoms with Gasteiger partial charge in [-0.1, -0.05) is 30.3 Å². The Morgan fingerprint density at radius 3 is 2.35 bits per heavy atom. The Bertz CT molecular complexity index is 1100. The van der Waals surface area contributed by atoms with E-state index in [9.17, 15) is 21.6 Å². The van der Waals surface area contributed by atoms with Gasteiger partial charge in [0.2, 0.25) is 9.84 Å². The highest BCUT2D eigenvalue weighted by molar-refractivity contribution is 7.95. The molecule has 0 saturated carbocycles. The minimum absolute atomic E-state index is 0.172. The summed E-state index contributed by atoms with van der Waals surface area (Å²) in [5, 5.41) is 0. The first-order valence-electron chi connectivity index (χ1n) is 10.1. The number of unbranched alkanes of at least 4 members (excludes halogenated alkanes) is 1. The first-order valence-corrected chi connectivity index (χ1v) is 11.6. The SMILES string of the molecule is C=CCN(C)CCCCc1ccc2c(c1)S(=O)(=O)C(C)=C2c1ccc(C(F)(F)F)cc1. The van der Waals surface area contributed by atoms with Gasteiger partial charge >= 0.3 is 6.18 Å². The van der Waals surface area contributed by atoms with Crippen molar-refractivity contribution in [1.82, 2.24) is 4.90 Å². The van der Waals surface area contributed by atoms with E-state index in [2.05, 4.69) is 11.5 Å². The first-order chi connectivity index (χ1) is 14.6. The number of allylic oxidation sites excluding steroid dienone is 1. The summed E-state index contributed by atoms with van der Waals surface area (Å²) in [7, 11) is -1.63. The second-order valence-corrected chi connectivity index (χ2v) is 9.91. The molecule has 31 heavy (non-hydrogen) atoms. The molecule has 0 bridgehead atoms. The molecule has 0 amide bonds. The predicted molar refractivity (Wildman–Crippen MR) is 117 cm³/mol. The normalized spacial score (nSPS) is 15.4. The highest BCUT2D eigenvalue weighted by Gasteiger charge is 2.34. The Kier molecular flexibility index (Phi) is 6.76. The highest BCUT2D eigenvalue weighted by atomic mass is 32.2. The summed E-state index contributed by atoms with van der Waals surface area (Å²) >= 11 is 0. The zero-order valence-electron chi connectivity index (χ0n) is 17.7. The quantitative estimate of drug-likeness (QED) is 0.383. The molecular formula is C24H26F3NO2S. The van der Waals surface area contributed by atoms with Gasteiger partial charge in [-0.2, -0.15) is 13.2 Å². The number of benzene rings is 2. The molecule has 0 N–H and O–H groups in total. The Labute approximate surface area is 181 Å². The van der Waals surface area contributed by atoms with E-state index >= 15 is 0 Å². The highest BCUT2D eigenvalue weighted by Crippen LogP contribution is 2.43. The van der Waals surface area contributed by atoms with Gasteiger partial charge in [-0.25, -0.2) is 8.42 Å². The molecule has 0 fully saturated rings. The maximum absolute atomic E-state index is 13.0. The lowest BCUT2D eigenvalue weighted by Gasteiger charge is -2.13.